The van der Waals surface area contributed by atoms with Crippen LogP contribution in [0.4, 0.5) is 10.5 Å². The number of nitrogens with zero attached hydrogens (tertiary/aromatic N) is 1. The van der Waals surface area contributed by atoms with Gasteiger partial charge in [0.05, 0.1) is 11.5 Å². The van der Waals surface area contributed by atoms with Gasteiger partial charge in [-0.3, -0.25) is 10.1 Å². The van der Waals surface area contributed by atoms with E-state index in [0.29, 0.717) is 0 Å². The number of benzene rings is 1. The van der Waals surface area contributed by atoms with E-state index in [1.54, 1.807) is 12.1 Å². The summed E-state index contributed by atoms with van der Waals surface area (Å²) in [5.74, 6) is 0. The van der Waals surface area contributed by atoms with Crippen LogP contribution in [0.15, 0.2) is 24.3 Å². The molecule has 0 heterocycles. The van der Waals surface area contributed by atoms with Crippen LogP contribution in [-0.4, -0.2) is 29.3 Å². The van der Waals surface area contributed by atoms with E-state index in [4.69, 9.17) is 5.11 Å². The lowest BCUT2D eigenvalue weighted by molar-refractivity contribution is -0.384. The molecule has 1 aromatic rings. The summed E-state index contributed by atoms with van der Waals surface area (Å²) >= 11 is 0. The van der Waals surface area contributed by atoms with Crippen molar-refractivity contribution < 1.29 is 19.6 Å². The number of ether oxygens (including phenoxy) is 1. The fraction of sp³-hybridized carbons (Fsp3) is 0.300. The molecule has 0 aliphatic carbocycles. The third kappa shape index (κ3) is 4.47. The summed E-state index contributed by atoms with van der Waals surface area (Å²) < 4.78 is 4.57. The fourth-order valence-electron chi connectivity index (χ4n) is 1.10. The monoisotopic (exact) mass is 240 g/mol. The molecule has 0 spiro atoms. The number of non-ortho nitro benzene ring substituents is 1. The molecule has 0 fully saturated rings. The lowest BCUT2D eigenvalue weighted by atomic mass is 10.2. The van der Waals surface area contributed by atoms with Crippen molar-refractivity contribution in [1.82, 2.24) is 5.32 Å². The van der Waals surface area contributed by atoms with Crippen molar-refractivity contribution in [2.24, 2.45) is 0 Å². The van der Waals surface area contributed by atoms with Crippen molar-refractivity contribution in [2.75, 3.05) is 13.2 Å². The summed E-state index contributed by atoms with van der Waals surface area (Å²) in [6.07, 6.45) is -0.641. The van der Waals surface area contributed by atoms with Crippen LogP contribution >= 0.6 is 0 Å². The van der Waals surface area contributed by atoms with Gasteiger partial charge in [-0.15, -0.1) is 0 Å². The normalized spacial score (nSPS) is 9.71. The van der Waals surface area contributed by atoms with Crippen molar-refractivity contribution in [3.63, 3.8) is 0 Å². The summed E-state index contributed by atoms with van der Waals surface area (Å²) in [6, 6.07) is 5.81. The second-order valence-corrected chi connectivity index (χ2v) is 3.14. The molecular weight excluding hydrogens is 228 g/mol. The molecule has 7 heteroatoms. The van der Waals surface area contributed by atoms with Gasteiger partial charge in [0.1, 0.15) is 6.61 Å². The van der Waals surface area contributed by atoms with Crippen molar-refractivity contribution in [3.8, 4) is 0 Å². The Morgan fingerprint density at radius 2 is 2.06 bits per heavy atom. The van der Waals surface area contributed by atoms with Crippen LogP contribution in [0.1, 0.15) is 5.56 Å². The number of nitro benzene ring substituents is 1. The van der Waals surface area contributed by atoms with Crippen LogP contribution in [0.2, 0.25) is 0 Å². The Bertz CT molecular complexity index is 390. The zero-order chi connectivity index (χ0) is 12.7. The number of amides is 1. The van der Waals surface area contributed by atoms with Gasteiger partial charge in [-0.25, -0.2) is 4.79 Å². The number of nitrogens with one attached hydrogen (secondary N) is 1. The molecular formula is C10H12N2O5. The minimum atomic E-state index is -0.641. The largest absolute Gasteiger partial charge is 0.447 e. The van der Waals surface area contributed by atoms with Crippen molar-refractivity contribution in [2.45, 2.75) is 6.54 Å². The van der Waals surface area contributed by atoms with Gasteiger partial charge in [-0.2, -0.15) is 0 Å². The number of alkyl carbamates (subject to hydrolysis) is 1. The summed E-state index contributed by atoms with van der Waals surface area (Å²) in [5.41, 5.74) is 0.716. The van der Waals surface area contributed by atoms with E-state index in [1.165, 1.54) is 12.1 Å². The Balaban J connectivity index is 2.42. The molecule has 17 heavy (non-hydrogen) atoms. The maximum atomic E-state index is 11.0. The maximum Gasteiger partial charge on any atom is 0.407 e. The SMILES string of the molecule is O=C(NCc1ccc([N+](=O)[O-])cc1)OCCO. The Labute approximate surface area is 97.2 Å². The van der Waals surface area contributed by atoms with Crippen molar-refractivity contribution in [1.29, 1.82) is 0 Å². The standard InChI is InChI=1S/C10H12N2O5/c13-5-6-17-10(14)11-7-8-1-3-9(4-2-8)12(15)16/h1-4,13H,5-7H2,(H,11,14). The number of hydrogen-bond acceptors (Lipinski definition) is 5. The smallest absolute Gasteiger partial charge is 0.407 e. The summed E-state index contributed by atoms with van der Waals surface area (Å²) in [6.45, 7) is -0.0840. The van der Waals surface area contributed by atoms with Gasteiger partial charge in [0.15, 0.2) is 0 Å². The number of hydrogen-bond donors (Lipinski definition) is 2. The lowest BCUT2D eigenvalue weighted by Crippen LogP contribution is -2.24. The number of aliphatic hydroxyl groups is 1. The number of carbonyl (C=O) groups excluding carboxylic acids is 1. The van der Waals surface area contributed by atoms with E-state index >= 15 is 0 Å². The average molecular weight is 240 g/mol. The molecule has 0 unspecified atom stereocenters. The highest BCUT2D eigenvalue weighted by molar-refractivity contribution is 5.67. The summed E-state index contributed by atoms with van der Waals surface area (Å²) in [4.78, 5) is 20.9. The van der Waals surface area contributed by atoms with Crippen LogP contribution in [0.3, 0.4) is 0 Å². The molecule has 0 aliphatic heterocycles. The zero-order valence-electron chi connectivity index (χ0n) is 8.96. The van der Waals surface area contributed by atoms with Crippen molar-refractivity contribution >= 4 is 11.8 Å². The first-order chi connectivity index (χ1) is 8.13. The molecule has 0 bridgehead atoms. The first-order valence-corrected chi connectivity index (χ1v) is 4.88. The highest BCUT2D eigenvalue weighted by Gasteiger charge is 2.05. The molecule has 1 aromatic carbocycles. The van der Waals surface area contributed by atoms with Crippen LogP contribution in [0.5, 0.6) is 0 Å². The van der Waals surface area contributed by atoms with E-state index < -0.39 is 11.0 Å². The topological polar surface area (TPSA) is 102 Å². The number of carbonyl (C=O) groups is 1. The Hall–Kier alpha value is -2.15. The molecule has 0 saturated carbocycles. The molecule has 2 N–H and O–H groups in total. The predicted octanol–water partition coefficient (Wildman–Crippen LogP) is 0.813. The predicted molar refractivity (Wildman–Crippen MR) is 58.4 cm³/mol. The Morgan fingerprint density at radius 1 is 1.41 bits per heavy atom. The molecule has 0 atom stereocenters. The lowest BCUT2D eigenvalue weighted by Gasteiger charge is -2.05. The summed E-state index contributed by atoms with van der Waals surface area (Å²) in [7, 11) is 0. The highest BCUT2D eigenvalue weighted by atomic mass is 16.6. The molecule has 0 aliphatic rings. The van der Waals surface area contributed by atoms with E-state index in [-0.39, 0.29) is 25.4 Å². The third-order valence-corrected chi connectivity index (χ3v) is 1.91. The number of rotatable bonds is 5. The molecule has 0 radical (unpaired) electrons. The van der Waals surface area contributed by atoms with E-state index in [2.05, 4.69) is 10.1 Å². The minimum absolute atomic E-state index is 0.00314. The molecule has 7 nitrogen and oxygen atoms in total. The van der Waals surface area contributed by atoms with Gasteiger partial charge in [0.25, 0.3) is 5.69 Å². The van der Waals surface area contributed by atoms with Crippen LogP contribution in [0, 0.1) is 10.1 Å². The Morgan fingerprint density at radius 3 is 2.59 bits per heavy atom. The number of nitro groups is 1. The molecule has 1 amide bonds. The molecule has 0 aromatic heterocycles. The number of aliphatic hydroxyl groups excluding tert-OH is 1. The van der Waals surface area contributed by atoms with Crippen molar-refractivity contribution in [3.05, 3.63) is 39.9 Å². The maximum absolute atomic E-state index is 11.0. The molecule has 0 saturated heterocycles. The van der Waals surface area contributed by atoms with E-state index in [0.717, 1.165) is 5.56 Å². The second-order valence-electron chi connectivity index (χ2n) is 3.14. The minimum Gasteiger partial charge on any atom is -0.447 e. The zero-order valence-corrected chi connectivity index (χ0v) is 8.96. The first kappa shape index (κ1) is 12.9. The van der Waals surface area contributed by atoms with E-state index in [9.17, 15) is 14.9 Å². The second kappa shape index (κ2) is 6.44. The third-order valence-electron chi connectivity index (χ3n) is 1.91. The molecule has 92 valence electrons. The molecule has 1 rings (SSSR count). The summed E-state index contributed by atoms with van der Waals surface area (Å²) in [5, 5.41) is 21.2. The Kier molecular flexibility index (Phi) is 4.89. The van der Waals surface area contributed by atoms with Gasteiger partial charge >= 0.3 is 6.09 Å². The van der Waals surface area contributed by atoms with Gasteiger partial charge < -0.3 is 15.2 Å². The van der Waals surface area contributed by atoms with Gasteiger partial charge in [0, 0.05) is 18.7 Å². The van der Waals surface area contributed by atoms with E-state index in [1.807, 2.05) is 0 Å². The van der Waals surface area contributed by atoms with Crippen LogP contribution in [-0.2, 0) is 11.3 Å². The van der Waals surface area contributed by atoms with Gasteiger partial charge in [0.2, 0.25) is 0 Å². The first-order valence-electron chi connectivity index (χ1n) is 4.88. The van der Waals surface area contributed by atoms with Gasteiger partial charge in [-0.05, 0) is 5.56 Å². The van der Waals surface area contributed by atoms with Crippen LogP contribution < -0.4 is 5.32 Å². The van der Waals surface area contributed by atoms with Crippen LogP contribution in [0.25, 0.3) is 0 Å². The average Bonchev–Trinajstić information content (AvgIpc) is 2.34. The fourth-order valence-corrected chi connectivity index (χ4v) is 1.10. The van der Waals surface area contributed by atoms with Gasteiger partial charge in [-0.1, -0.05) is 12.1 Å². The quantitative estimate of drug-likeness (QED) is 0.585. The highest BCUT2D eigenvalue weighted by Crippen LogP contribution is 2.11.